The van der Waals surface area contributed by atoms with E-state index in [1.807, 2.05) is 65.6 Å². The summed E-state index contributed by atoms with van der Waals surface area (Å²) in [4.78, 5) is 6.47. The topological polar surface area (TPSA) is 34.6 Å². The molecular formula is C29H26F2N2O2. The molecule has 0 aliphatic carbocycles. The Bertz CT molecular complexity index is 1250. The lowest BCUT2D eigenvalue weighted by Crippen LogP contribution is -2.18. The molecule has 0 atom stereocenters. The molecule has 0 N–H and O–H groups in total. The van der Waals surface area contributed by atoms with Gasteiger partial charge in [0, 0.05) is 24.8 Å². The van der Waals surface area contributed by atoms with E-state index in [0.29, 0.717) is 18.2 Å². The first-order valence-electron chi connectivity index (χ1n) is 11.8. The molecule has 1 fully saturated rings. The first-order chi connectivity index (χ1) is 17.2. The molecule has 6 heteroatoms. The molecule has 0 unspecified atom stereocenters. The van der Waals surface area contributed by atoms with Crippen molar-refractivity contribution in [1.82, 2.24) is 4.98 Å². The number of aromatic nitrogens is 1. The Kier molecular flexibility index (Phi) is 6.89. The smallest absolute Gasteiger partial charge is 0.225 e. The van der Waals surface area contributed by atoms with Gasteiger partial charge < -0.3 is 14.4 Å². The molecule has 35 heavy (non-hydrogen) atoms. The molecule has 2 heterocycles. The van der Waals surface area contributed by atoms with Crippen LogP contribution in [0.25, 0.3) is 11.1 Å². The van der Waals surface area contributed by atoms with Crippen LogP contribution in [0.15, 0.2) is 84.9 Å². The highest BCUT2D eigenvalue weighted by atomic mass is 19.1. The van der Waals surface area contributed by atoms with E-state index in [9.17, 15) is 0 Å². The predicted molar refractivity (Wildman–Crippen MR) is 133 cm³/mol. The van der Waals surface area contributed by atoms with Gasteiger partial charge in [-0.15, -0.1) is 0 Å². The molecule has 0 saturated carbocycles. The SMILES string of the molecule is Fc1cc(N2CCCC2)cc(F)c1-c1ccc(OCc2ccccc2)nc1OCc1ccccc1. The molecule has 3 aromatic carbocycles. The minimum atomic E-state index is -0.642. The molecule has 1 aliphatic rings. The molecular weight excluding hydrogens is 446 g/mol. The van der Waals surface area contributed by atoms with Crippen LogP contribution >= 0.6 is 0 Å². The van der Waals surface area contributed by atoms with Crippen LogP contribution in [0.1, 0.15) is 24.0 Å². The number of benzene rings is 3. The molecule has 5 rings (SSSR count). The Morgan fingerprint density at radius 1 is 0.714 bits per heavy atom. The highest BCUT2D eigenvalue weighted by Crippen LogP contribution is 2.37. The van der Waals surface area contributed by atoms with E-state index in [1.165, 1.54) is 12.1 Å². The third-order valence-corrected chi connectivity index (χ3v) is 6.05. The summed E-state index contributed by atoms with van der Waals surface area (Å²) in [6, 6.07) is 25.3. The van der Waals surface area contributed by atoms with Crippen molar-refractivity contribution in [2.75, 3.05) is 18.0 Å². The van der Waals surface area contributed by atoms with Crippen LogP contribution < -0.4 is 14.4 Å². The lowest BCUT2D eigenvalue weighted by Gasteiger charge is -2.19. The van der Waals surface area contributed by atoms with E-state index < -0.39 is 11.6 Å². The summed E-state index contributed by atoms with van der Waals surface area (Å²) >= 11 is 0. The molecule has 1 aromatic heterocycles. The molecule has 4 nitrogen and oxygen atoms in total. The molecule has 0 radical (unpaired) electrons. The first kappa shape index (κ1) is 22.8. The fraction of sp³-hybridized carbons (Fsp3) is 0.207. The van der Waals surface area contributed by atoms with Crippen LogP contribution in [0.3, 0.4) is 0 Å². The second-order valence-electron chi connectivity index (χ2n) is 8.53. The zero-order valence-corrected chi connectivity index (χ0v) is 19.3. The van der Waals surface area contributed by atoms with Crippen LogP contribution in [0, 0.1) is 11.6 Å². The summed E-state index contributed by atoms with van der Waals surface area (Å²) in [5.74, 6) is -0.853. The Hall–Kier alpha value is -3.93. The van der Waals surface area contributed by atoms with Gasteiger partial charge in [-0.05, 0) is 42.2 Å². The van der Waals surface area contributed by atoms with E-state index >= 15 is 8.78 Å². The maximum absolute atomic E-state index is 15.3. The van der Waals surface area contributed by atoms with Gasteiger partial charge in [0.2, 0.25) is 11.8 Å². The Balaban J connectivity index is 1.46. The summed E-state index contributed by atoms with van der Waals surface area (Å²) in [6.07, 6.45) is 2.05. The van der Waals surface area contributed by atoms with Crippen molar-refractivity contribution in [3.63, 3.8) is 0 Å². The van der Waals surface area contributed by atoms with Crippen molar-refractivity contribution in [3.05, 3.63) is 108 Å². The predicted octanol–water partition coefficient (Wildman–Crippen LogP) is 6.79. The summed E-state index contributed by atoms with van der Waals surface area (Å²) in [5.41, 5.74) is 2.55. The summed E-state index contributed by atoms with van der Waals surface area (Å²) in [6.45, 7) is 2.13. The number of hydrogen-bond donors (Lipinski definition) is 0. The quantitative estimate of drug-likeness (QED) is 0.283. The number of hydrogen-bond acceptors (Lipinski definition) is 4. The van der Waals surface area contributed by atoms with Crippen molar-refractivity contribution in [3.8, 4) is 22.9 Å². The Morgan fingerprint density at radius 3 is 1.89 bits per heavy atom. The maximum atomic E-state index is 15.3. The average Bonchev–Trinajstić information content (AvgIpc) is 3.43. The lowest BCUT2D eigenvalue weighted by molar-refractivity contribution is 0.268. The minimum absolute atomic E-state index is 0.117. The van der Waals surface area contributed by atoms with Crippen molar-refractivity contribution in [1.29, 1.82) is 0 Å². The van der Waals surface area contributed by atoms with Gasteiger partial charge in [0.15, 0.2) is 0 Å². The summed E-state index contributed by atoms with van der Waals surface area (Å²) < 4.78 is 42.4. The standard InChI is InChI=1S/C29H26F2N2O2/c30-25-17-23(33-15-7-8-16-33)18-26(31)28(25)24-13-14-27(34-19-21-9-3-1-4-10-21)32-29(24)35-20-22-11-5-2-6-12-22/h1-6,9-14,17-18H,7-8,15-16,19-20H2. The van der Waals surface area contributed by atoms with Crippen LogP contribution in [0.5, 0.6) is 11.8 Å². The number of nitrogens with zero attached hydrogens (tertiary/aromatic N) is 2. The van der Waals surface area contributed by atoms with E-state index in [-0.39, 0.29) is 23.6 Å². The number of halogens is 2. The minimum Gasteiger partial charge on any atom is -0.473 e. The molecule has 4 aromatic rings. The van der Waals surface area contributed by atoms with Crippen LogP contribution in [0.4, 0.5) is 14.5 Å². The fourth-order valence-electron chi connectivity index (χ4n) is 4.24. The highest BCUT2D eigenvalue weighted by molar-refractivity contribution is 5.72. The highest BCUT2D eigenvalue weighted by Gasteiger charge is 2.22. The molecule has 0 bridgehead atoms. The van der Waals surface area contributed by atoms with Gasteiger partial charge in [-0.25, -0.2) is 8.78 Å². The lowest BCUT2D eigenvalue weighted by atomic mass is 10.0. The van der Waals surface area contributed by atoms with Crippen LogP contribution in [-0.4, -0.2) is 18.1 Å². The van der Waals surface area contributed by atoms with Gasteiger partial charge >= 0.3 is 0 Å². The van der Waals surface area contributed by atoms with Crippen LogP contribution in [-0.2, 0) is 13.2 Å². The molecule has 0 amide bonds. The number of ether oxygens (including phenoxy) is 2. The van der Waals surface area contributed by atoms with Gasteiger partial charge in [-0.3, -0.25) is 0 Å². The van der Waals surface area contributed by atoms with Gasteiger partial charge in [0.1, 0.15) is 24.8 Å². The van der Waals surface area contributed by atoms with E-state index in [1.54, 1.807) is 12.1 Å². The van der Waals surface area contributed by atoms with Crippen LogP contribution in [0.2, 0.25) is 0 Å². The number of rotatable bonds is 8. The van der Waals surface area contributed by atoms with Gasteiger partial charge in [0.05, 0.1) is 11.1 Å². The third kappa shape index (κ3) is 5.43. The molecule has 1 saturated heterocycles. The monoisotopic (exact) mass is 472 g/mol. The second-order valence-corrected chi connectivity index (χ2v) is 8.53. The largest absolute Gasteiger partial charge is 0.473 e. The van der Waals surface area contributed by atoms with Gasteiger partial charge in [-0.2, -0.15) is 4.98 Å². The molecule has 0 spiro atoms. The van der Waals surface area contributed by atoms with E-state index in [2.05, 4.69) is 4.98 Å². The summed E-state index contributed by atoms with van der Waals surface area (Å²) in [5, 5.41) is 0. The average molecular weight is 473 g/mol. The van der Waals surface area contributed by atoms with Gasteiger partial charge in [-0.1, -0.05) is 60.7 Å². The van der Waals surface area contributed by atoms with Crippen molar-refractivity contribution >= 4 is 5.69 Å². The maximum Gasteiger partial charge on any atom is 0.225 e. The van der Waals surface area contributed by atoms with Crippen molar-refractivity contribution in [2.24, 2.45) is 0 Å². The van der Waals surface area contributed by atoms with Gasteiger partial charge in [0.25, 0.3) is 0 Å². The molecule has 1 aliphatic heterocycles. The zero-order valence-electron chi connectivity index (χ0n) is 19.3. The van der Waals surface area contributed by atoms with Crippen molar-refractivity contribution in [2.45, 2.75) is 26.1 Å². The summed E-state index contributed by atoms with van der Waals surface area (Å²) in [7, 11) is 0. The zero-order chi connectivity index (χ0) is 24.0. The normalized spacial score (nSPS) is 13.1. The first-order valence-corrected chi connectivity index (χ1v) is 11.8. The fourth-order valence-corrected chi connectivity index (χ4v) is 4.24. The molecule has 178 valence electrons. The third-order valence-electron chi connectivity index (χ3n) is 6.05. The van der Waals surface area contributed by atoms with E-state index in [0.717, 1.165) is 37.1 Å². The Labute approximate surface area is 203 Å². The van der Waals surface area contributed by atoms with E-state index in [4.69, 9.17) is 9.47 Å². The number of pyridine rings is 1. The second kappa shape index (κ2) is 10.6. The number of anilines is 1. The van der Waals surface area contributed by atoms with Crippen molar-refractivity contribution < 1.29 is 18.3 Å². The Morgan fingerprint density at radius 2 is 1.29 bits per heavy atom.